The van der Waals surface area contributed by atoms with Gasteiger partial charge in [0.15, 0.2) is 5.82 Å². The molecule has 3 nitrogen and oxygen atoms in total. The van der Waals surface area contributed by atoms with Crippen molar-refractivity contribution in [3.05, 3.63) is 187 Å². The topological polar surface area (TPSA) is 38.7 Å². The molecule has 2 heterocycles. The molecule has 0 spiro atoms. The molecule has 0 unspecified atom stereocenters. The first-order valence-electron chi connectivity index (χ1n) is 18.2. The van der Waals surface area contributed by atoms with Gasteiger partial charge in [-0.25, -0.2) is 9.97 Å². The minimum atomic E-state index is -0.152. The first kappa shape index (κ1) is 31.1. The third-order valence-electron chi connectivity index (χ3n) is 11.0. The van der Waals surface area contributed by atoms with Gasteiger partial charge in [0.25, 0.3) is 0 Å². The van der Waals surface area contributed by atoms with Crippen molar-refractivity contribution >= 4 is 21.5 Å². The number of fused-ring (bicyclic) bond motifs is 5. The quantitative estimate of drug-likeness (QED) is 0.182. The molecule has 250 valence electrons. The van der Waals surface area contributed by atoms with Gasteiger partial charge in [-0.2, -0.15) is 0 Å². The van der Waals surface area contributed by atoms with Crippen molar-refractivity contribution < 1.29 is 0 Å². The molecule has 0 bridgehead atoms. The van der Waals surface area contributed by atoms with Crippen LogP contribution in [0.1, 0.15) is 25.0 Å². The molecule has 0 aliphatic heterocycles. The molecule has 0 amide bonds. The fourth-order valence-corrected chi connectivity index (χ4v) is 8.35. The zero-order chi connectivity index (χ0) is 35.5. The van der Waals surface area contributed by atoms with Gasteiger partial charge in [-0.1, -0.05) is 153 Å². The SMILES string of the molecule is CC1(C)c2cc3ccccc3cc2-c2c(-c3cc(-c4ccc(-c5ccccc5-c5ccccn5)c5ccccc45)nc(-c4ccccc4)n3)cccc21. The van der Waals surface area contributed by atoms with Crippen LogP contribution in [0, 0.1) is 0 Å². The molecule has 9 aromatic rings. The predicted molar refractivity (Wildman–Crippen MR) is 220 cm³/mol. The van der Waals surface area contributed by atoms with Crippen molar-refractivity contribution in [3.8, 4) is 67.4 Å². The van der Waals surface area contributed by atoms with Crippen LogP contribution in [0.3, 0.4) is 0 Å². The van der Waals surface area contributed by atoms with E-state index >= 15 is 0 Å². The summed E-state index contributed by atoms with van der Waals surface area (Å²) in [5.41, 5.74) is 14.4. The van der Waals surface area contributed by atoms with Gasteiger partial charge in [-0.05, 0) is 85.3 Å². The van der Waals surface area contributed by atoms with E-state index in [9.17, 15) is 0 Å². The van der Waals surface area contributed by atoms with Crippen LogP contribution in [0.5, 0.6) is 0 Å². The fourth-order valence-electron chi connectivity index (χ4n) is 8.35. The number of rotatable bonds is 5. The minimum Gasteiger partial charge on any atom is -0.256 e. The summed E-state index contributed by atoms with van der Waals surface area (Å²) >= 11 is 0. The lowest BCUT2D eigenvalue weighted by molar-refractivity contribution is 0.661. The van der Waals surface area contributed by atoms with Crippen LogP contribution in [-0.2, 0) is 5.41 Å². The molecule has 3 heteroatoms. The summed E-state index contributed by atoms with van der Waals surface area (Å²) < 4.78 is 0. The summed E-state index contributed by atoms with van der Waals surface area (Å²) in [6.45, 7) is 4.69. The first-order chi connectivity index (χ1) is 26.0. The second-order valence-electron chi connectivity index (χ2n) is 14.4. The number of hydrogen-bond acceptors (Lipinski definition) is 3. The van der Waals surface area contributed by atoms with E-state index in [0.29, 0.717) is 5.82 Å². The van der Waals surface area contributed by atoms with Gasteiger partial charge < -0.3 is 0 Å². The lowest BCUT2D eigenvalue weighted by Crippen LogP contribution is -2.14. The van der Waals surface area contributed by atoms with Crippen molar-refractivity contribution in [2.24, 2.45) is 0 Å². The summed E-state index contributed by atoms with van der Waals surface area (Å²) in [4.78, 5) is 15.3. The van der Waals surface area contributed by atoms with Crippen LogP contribution in [0.2, 0.25) is 0 Å². The van der Waals surface area contributed by atoms with E-state index in [4.69, 9.17) is 15.0 Å². The third kappa shape index (κ3) is 5.08. The van der Waals surface area contributed by atoms with E-state index < -0.39 is 0 Å². The Balaban J connectivity index is 1.20. The van der Waals surface area contributed by atoms with Gasteiger partial charge in [-0.3, -0.25) is 4.98 Å². The summed E-state index contributed by atoms with van der Waals surface area (Å²) in [5, 5.41) is 4.82. The second-order valence-corrected chi connectivity index (χ2v) is 14.4. The van der Waals surface area contributed by atoms with Crippen LogP contribution < -0.4 is 0 Å². The number of aromatic nitrogens is 3. The normalized spacial score (nSPS) is 12.9. The van der Waals surface area contributed by atoms with Crippen molar-refractivity contribution in [2.45, 2.75) is 19.3 Å². The Bertz CT molecular complexity index is 2860. The number of nitrogens with zero attached hydrogens (tertiary/aromatic N) is 3. The highest BCUT2D eigenvalue weighted by atomic mass is 14.9. The Morgan fingerprint density at radius 3 is 1.79 bits per heavy atom. The summed E-state index contributed by atoms with van der Waals surface area (Å²) in [5.74, 6) is 0.709. The Morgan fingerprint density at radius 1 is 0.396 bits per heavy atom. The molecule has 0 fully saturated rings. The third-order valence-corrected chi connectivity index (χ3v) is 11.0. The lowest BCUT2D eigenvalue weighted by atomic mass is 9.81. The smallest absolute Gasteiger partial charge is 0.160 e. The standard InChI is InChI=1S/C50H35N3/c1-50(2)43-24-14-23-41(48(43)42-29-33-17-6-7-18-34(33)30-44(42)50)47-31-46(52-49(53-47)32-15-4-3-5-16-32)40-27-26-38(35-19-8-9-20-36(35)40)37-21-10-11-22-39(37)45-25-12-13-28-51-45/h3-31H,1-2H3. The molecular formula is C50H35N3. The van der Waals surface area contributed by atoms with Gasteiger partial charge >= 0.3 is 0 Å². The molecule has 2 aromatic heterocycles. The monoisotopic (exact) mass is 677 g/mol. The number of hydrogen-bond donors (Lipinski definition) is 0. The van der Waals surface area contributed by atoms with Gasteiger partial charge in [-0.15, -0.1) is 0 Å². The highest BCUT2D eigenvalue weighted by molar-refractivity contribution is 6.07. The molecule has 0 atom stereocenters. The summed E-state index contributed by atoms with van der Waals surface area (Å²) in [6.07, 6.45) is 1.86. The predicted octanol–water partition coefficient (Wildman–Crippen LogP) is 12.8. The van der Waals surface area contributed by atoms with E-state index in [1.54, 1.807) is 0 Å². The molecule has 0 saturated heterocycles. The number of benzene rings is 7. The van der Waals surface area contributed by atoms with Gasteiger partial charge in [0.1, 0.15) is 0 Å². The zero-order valence-corrected chi connectivity index (χ0v) is 29.6. The van der Waals surface area contributed by atoms with Gasteiger partial charge in [0.2, 0.25) is 0 Å². The van der Waals surface area contributed by atoms with Crippen LogP contribution in [0.15, 0.2) is 176 Å². The molecule has 0 saturated carbocycles. The molecule has 10 rings (SSSR count). The molecule has 0 N–H and O–H groups in total. The van der Waals surface area contributed by atoms with Crippen LogP contribution in [0.4, 0.5) is 0 Å². The van der Waals surface area contributed by atoms with Gasteiger partial charge in [0, 0.05) is 33.9 Å². The van der Waals surface area contributed by atoms with E-state index in [2.05, 4.69) is 166 Å². The Hall–Kier alpha value is -6.71. The van der Waals surface area contributed by atoms with Crippen molar-refractivity contribution in [3.63, 3.8) is 0 Å². The molecule has 1 aliphatic carbocycles. The molecule has 53 heavy (non-hydrogen) atoms. The maximum atomic E-state index is 5.33. The van der Waals surface area contributed by atoms with Crippen LogP contribution in [-0.4, -0.2) is 15.0 Å². The second kappa shape index (κ2) is 12.2. The zero-order valence-electron chi connectivity index (χ0n) is 29.6. The van der Waals surface area contributed by atoms with Crippen LogP contribution >= 0.6 is 0 Å². The highest BCUT2D eigenvalue weighted by Gasteiger charge is 2.37. The molecule has 1 aliphatic rings. The highest BCUT2D eigenvalue weighted by Crippen LogP contribution is 2.53. The van der Waals surface area contributed by atoms with E-state index in [0.717, 1.165) is 61.2 Å². The Kier molecular flexibility index (Phi) is 7.16. The molecule has 7 aromatic carbocycles. The maximum Gasteiger partial charge on any atom is 0.160 e. The first-order valence-corrected chi connectivity index (χ1v) is 18.2. The molecule has 0 radical (unpaired) electrons. The van der Waals surface area contributed by atoms with Gasteiger partial charge in [0.05, 0.1) is 17.1 Å². The Labute approximate surface area is 309 Å². The number of pyridine rings is 1. The van der Waals surface area contributed by atoms with E-state index in [1.165, 1.54) is 33.0 Å². The fraction of sp³-hybridized carbons (Fsp3) is 0.0600. The van der Waals surface area contributed by atoms with E-state index in [-0.39, 0.29) is 5.41 Å². The average Bonchev–Trinajstić information content (AvgIpc) is 3.45. The van der Waals surface area contributed by atoms with Crippen LogP contribution in [0.25, 0.3) is 89.0 Å². The summed E-state index contributed by atoms with van der Waals surface area (Å²) in [6, 6.07) is 60.4. The van der Waals surface area contributed by atoms with Crippen molar-refractivity contribution in [1.29, 1.82) is 0 Å². The summed E-state index contributed by atoms with van der Waals surface area (Å²) in [7, 11) is 0. The van der Waals surface area contributed by atoms with Crippen molar-refractivity contribution in [2.75, 3.05) is 0 Å². The Morgan fingerprint density at radius 2 is 1.02 bits per heavy atom. The molecular weight excluding hydrogens is 643 g/mol. The lowest BCUT2D eigenvalue weighted by Gasteiger charge is -2.22. The van der Waals surface area contributed by atoms with E-state index in [1.807, 2.05) is 24.4 Å². The minimum absolute atomic E-state index is 0.152. The van der Waals surface area contributed by atoms with Crippen molar-refractivity contribution in [1.82, 2.24) is 15.0 Å². The average molecular weight is 678 g/mol. The maximum absolute atomic E-state index is 5.33. The largest absolute Gasteiger partial charge is 0.256 e.